The van der Waals surface area contributed by atoms with Crippen LogP contribution in [0.15, 0.2) is 22.8 Å². The van der Waals surface area contributed by atoms with Crippen molar-refractivity contribution in [2.75, 3.05) is 59.9 Å². The number of furan rings is 1. The molecular weight excluding hydrogens is 296 g/mol. The molecule has 2 rings (SSSR count). The second kappa shape index (κ2) is 8.69. The Morgan fingerprint density at radius 3 is 2.52 bits per heavy atom. The fourth-order valence-electron chi connectivity index (χ4n) is 2.54. The monoisotopic (exact) mass is 322 g/mol. The van der Waals surface area contributed by atoms with Gasteiger partial charge in [0.25, 0.3) is 5.91 Å². The number of piperazine rings is 1. The Morgan fingerprint density at radius 1 is 1.22 bits per heavy atom. The SMILES string of the molecule is CN(C)CCCNCC(=O)N1CCN(C(=O)c2ccco2)CC1. The summed E-state index contributed by atoms with van der Waals surface area (Å²) in [6.07, 6.45) is 2.51. The lowest BCUT2D eigenvalue weighted by atomic mass is 10.2. The van der Waals surface area contributed by atoms with Gasteiger partial charge in [-0.3, -0.25) is 9.59 Å². The fourth-order valence-corrected chi connectivity index (χ4v) is 2.54. The molecule has 2 heterocycles. The molecule has 0 unspecified atom stereocenters. The summed E-state index contributed by atoms with van der Waals surface area (Å²) in [5.74, 6) is 0.344. The van der Waals surface area contributed by atoms with Crippen LogP contribution < -0.4 is 5.32 Å². The van der Waals surface area contributed by atoms with Gasteiger partial charge in [-0.2, -0.15) is 0 Å². The lowest BCUT2D eigenvalue weighted by Gasteiger charge is -2.34. The van der Waals surface area contributed by atoms with E-state index in [1.54, 1.807) is 17.0 Å². The highest BCUT2D eigenvalue weighted by molar-refractivity contribution is 5.91. The summed E-state index contributed by atoms with van der Waals surface area (Å²) in [5.41, 5.74) is 0. The first kappa shape index (κ1) is 17.5. The average Bonchev–Trinajstić information content (AvgIpc) is 3.08. The molecule has 0 spiro atoms. The number of carbonyl (C=O) groups excluding carboxylic acids is 2. The van der Waals surface area contributed by atoms with E-state index in [0.29, 0.717) is 38.5 Å². The highest BCUT2D eigenvalue weighted by atomic mass is 16.3. The number of nitrogens with one attached hydrogen (secondary N) is 1. The minimum absolute atomic E-state index is 0.0972. The van der Waals surface area contributed by atoms with E-state index >= 15 is 0 Å². The Hall–Kier alpha value is -1.86. The topological polar surface area (TPSA) is 69.0 Å². The Balaban J connectivity index is 1.65. The van der Waals surface area contributed by atoms with E-state index in [4.69, 9.17) is 4.42 Å². The minimum Gasteiger partial charge on any atom is -0.459 e. The predicted molar refractivity (Wildman–Crippen MR) is 87.2 cm³/mol. The van der Waals surface area contributed by atoms with Crippen molar-refractivity contribution >= 4 is 11.8 Å². The highest BCUT2D eigenvalue weighted by Gasteiger charge is 2.25. The van der Waals surface area contributed by atoms with Crippen molar-refractivity contribution in [3.63, 3.8) is 0 Å². The summed E-state index contributed by atoms with van der Waals surface area (Å²) in [6.45, 7) is 4.45. The van der Waals surface area contributed by atoms with Gasteiger partial charge in [-0.25, -0.2) is 0 Å². The number of hydrogen-bond acceptors (Lipinski definition) is 5. The summed E-state index contributed by atoms with van der Waals surface area (Å²) in [5, 5.41) is 3.18. The van der Waals surface area contributed by atoms with Crippen LogP contribution in [0.1, 0.15) is 17.0 Å². The zero-order chi connectivity index (χ0) is 16.7. The molecule has 7 nitrogen and oxygen atoms in total. The van der Waals surface area contributed by atoms with Crippen LogP contribution in [0.4, 0.5) is 0 Å². The summed E-state index contributed by atoms with van der Waals surface area (Å²) < 4.78 is 5.13. The predicted octanol–water partition coefficient (Wildman–Crippen LogP) is 0.105. The zero-order valence-electron chi connectivity index (χ0n) is 14.0. The van der Waals surface area contributed by atoms with E-state index in [2.05, 4.69) is 10.2 Å². The molecule has 0 saturated carbocycles. The van der Waals surface area contributed by atoms with Gasteiger partial charge in [0.2, 0.25) is 5.91 Å². The maximum Gasteiger partial charge on any atom is 0.289 e. The lowest BCUT2D eigenvalue weighted by molar-refractivity contribution is -0.131. The normalized spacial score (nSPS) is 15.3. The van der Waals surface area contributed by atoms with Gasteiger partial charge in [0.1, 0.15) is 0 Å². The second-order valence-electron chi connectivity index (χ2n) is 5.98. The van der Waals surface area contributed by atoms with Gasteiger partial charge in [0.15, 0.2) is 5.76 Å². The van der Waals surface area contributed by atoms with E-state index in [1.807, 2.05) is 19.0 Å². The van der Waals surface area contributed by atoms with Gasteiger partial charge >= 0.3 is 0 Å². The molecule has 1 aromatic heterocycles. The van der Waals surface area contributed by atoms with E-state index < -0.39 is 0 Å². The third-order valence-corrected chi connectivity index (χ3v) is 3.89. The molecule has 0 aliphatic carbocycles. The Kier molecular flexibility index (Phi) is 6.61. The Labute approximate surface area is 137 Å². The van der Waals surface area contributed by atoms with Gasteiger partial charge in [0, 0.05) is 26.2 Å². The maximum absolute atomic E-state index is 12.1. The van der Waals surface area contributed by atoms with Crippen molar-refractivity contribution in [2.45, 2.75) is 6.42 Å². The second-order valence-corrected chi connectivity index (χ2v) is 5.98. The van der Waals surface area contributed by atoms with Crippen LogP contribution in [-0.4, -0.2) is 86.4 Å². The highest BCUT2D eigenvalue weighted by Crippen LogP contribution is 2.09. The first-order valence-electron chi connectivity index (χ1n) is 8.04. The zero-order valence-corrected chi connectivity index (χ0v) is 14.0. The van der Waals surface area contributed by atoms with Gasteiger partial charge in [0.05, 0.1) is 12.8 Å². The van der Waals surface area contributed by atoms with Crippen LogP contribution in [0.2, 0.25) is 0 Å². The van der Waals surface area contributed by atoms with Crippen molar-refractivity contribution in [3.8, 4) is 0 Å². The Bertz CT molecular complexity index is 493. The van der Waals surface area contributed by atoms with E-state index in [9.17, 15) is 9.59 Å². The van der Waals surface area contributed by atoms with Gasteiger partial charge < -0.3 is 24.4 Å². The van der Waals surface area contributed by atoms with Crippen LogP contribution in [0.5, 0.6) is 0 Å². The molecule has 23 heavy (non-hydrogen) atoms. The third-order valence-electron chi connectivity index (χ3n) is 3.89. The van der Waals surface area contributed by atoms with Crippen LogP contribution in [0.3, 0.4) is 0 Å². The summed E-state index contributed by atoms with van der Waals surface area (Å²) in [6, 6.07) is 3.37. The molecular formula is C16H26N4O3. The smallest absolute Gasteiger partial charge is 0.289 e. The van der Waals surface area contributed by atoms with Crippen molar-refractivity contribution in [1.82, 2.24) is 20.0 Å². The summed E-state index contributed by atoms with van der Waals surface area (Å²) in [4.78, 5) is 29.9. The van der Waals surface area contributed by atoms with E-state index in [-0.39, 0.29) is 11.8 Å². The van der Waals surface area contributed by atoms with Crippen LogP contribution in [0.25, 0.3) is 0 Å². The number of hydrogen-bond donors (Lipinski definition) is 1. The molecule has 0 aromatic carbocycles. The summed E-state index contributed by atoms with van der Waals surface area (Å²) >= 11 is 0. The molecule has 1 aliphatic heterocycles. The molecule has 1 fully saturated rings. The van der Waals surface area contributed by atoms with E-state index in [0.717, 1.165) is 19.5 Å². The molecule has 0 bridgehead atoms. The Morgan fingerprint density at radius 2 is 1.91 bits per heavy atom. The maximum atomic E-state index is 12.1. The molecule has 2 amide bonds. The first-order chi connectivity index (χ1) is 11.1. The molecule has 128 valence electrons. The van der Waals surface area contributed by atoms with Crippen molar-refractivity contribution in [2.24, 2.45) is 0 Å². The quantitative estimate of drug-likeness (QED) is 0.722. The first-order valence-corrected chi connectivity index (χ1v) is 8.04. The molecule has 0 radical (unpaired) electrons. The molecule has 0 atom stereocenters. The van der Waals surface area contributed by atoms with Gasteiger partial charge in [-0.15, -0.1) is 0 Å². The van der Waals surface area contributed by atoms with Crippen molar-refractivity contribution in [1.29, 1.82) is 0 Å². The standard InChI is InChI=1S/C16H26N4O3/c1-18(2)7-4-6-17-13-15(21)19-8-10-20(11-9-19)16(22)14-5-3-12-23-14/h3,5,12,17H,4,6-11,13H2,1-2H3. The van der Waals surface area contributed by atoms with Crippen LogP contribution in [-0.2, 0) is 4.79 Å². The number of amides is 2. The van der Waals surface area contributed by atoms with E-state index in [1.165, 1.54) is 6.26 Å². The molecule has 1 saturated heterocycles. The van der Waals surface area contributed by atoms with Crippen molar-refractivity contribution in [3.05, 3.63) is 24.2 Å². The largest absolute Gasteiger partial charge is 0.459 e. The fraction of sp³-hybridized carbons (Fsp3) is 0.625. The summed E-state index contributed by atoms with van der Waals surface area (Å²) in [7, 11) is 4.07. The van der Waals surface area contributed by atoms with Crippen molar-refractivity contribution < 1.29 is 14.0 Å². The minimum atomic E-state index is -0.107. The number of nitrogens with zero attached hydrogens (tertiary/aromatic N) is 3. The molecule has 1 N–H and O–H groups in total. The van der Waals surface area contributed by atoms with Gasteiger partial charge in [-0.1, -0.05) is 0 Å². The lowest BCUT2D eigenvalue weighted by Crippen LogP contribution is -2.52. The molecule has 1 aliphatic rings. The van der Waals surface area contributed by atoms with Gasteiger partial charge in [-0.05, 0) is 45.7 Å². The van der Waals surface area contributed by atoms with Crippen LogP contribution in [0, 0.1) is 0 Å². The molecule has 1 aromatic rings. The number of carbonyl (C=O) groups is 2. The van der Waals surface area contributed by atoms with Crippen LogP contribution >= 0.6 is 0 Å². The third kappa shape index (κ3) is 5.37. The molecule has 7 heteroatoms. The average molecular weight is 322 g/mol. The number of rotatable bonds is 7.